The molecule has 2 aromatic carbocycles. The van der Waals surface area contributed by atoms with Gasteiger partial charge in [0, 0.05) is 5.69 Å². The molecule has 5 heteroatoms. The third kappa shape index (κ3) is 3.43. The van der Waals surface area contributed by atoms with E-state index in [0.29, 0.717) is 11.3 Å². The van der Waals surface area contributed by atoms with Gasteiger partial charge in [-0.15, -0.1) is 0 Å². The van der Waals surface area contributed by atoms with Gasteiger partial charge in [-0.05, 0) is 42.0 Å². The number of rotatable bonds is 4. The Morgan fingerprint density at radius 2 is 1.79 bits per heavy atom. The van der Waals surface area contributed by atoms with Crippen LogP contribution in [0, 0.1) is 11.6 Å². The van der Waals surface area contributed by atoms with Gasteiger partial charge in [0.05, 0.1) is 17.7 Å². The van der Waals surface area contributed by atoms with Gasteiger partial charge in [0.2, 0.25) is 0 Å². The Balaban J connectivity index is 2.19. The number of benzene rings is 2. The van der Waals surface area contributed by atoms with E-state index in [1.54, 1.807) is 18.2 Å². The highest BCUT2D eigenvalue weighted by molar-refractivity contribution is 6.30. The largest absolute Gasteiger partial charge is 0.394 e. The molecule has 0 amide bonds. The molecular weight excluding hydrogens is 272 g/mol. The summed E-state index contributed by atoms with van der Waals surface area (Å²) in [6.07, 6.45) is 0. The van der Waals surface area contributed by atoms with Crippen LogP contribution in [0.1, 0.15) is 11.6 Å². The lowest BCUT2D eigenvalue weighted by Gasteiger charge is -2.18. The zero-order valence-electron chi connectivity index (χ0n) is 9.91. The monoisotopic (exact) mass is 283 g/mol. The molecule has 2 N–H and O–H groups in total. The molecule has 2 nitrogen and oxygen atoms in total. The number of hydrogen-bond acceptors (Lipinski definition) is 2. The Morgan fingerprint density at radius 3 is 2.37 bits per heavy atom. The highest BCUT2D eigenvalue weighted by Gasteiger charge is 2.12. The van der Waals surface area contributed by atoms with Gasteiger partial charge in [-0.3, -0.25) is 0 Å². The minimum Gasteiger partial charge on any atom is -0.394 e. The van der Waals surface area contributed by atoms with E-state index in [-0.39, 0.29) is 17.4 Å². The normalized spacial score (nSPS) is 12.2. The van der Waals surface area contributed by atoms with Crippen molar-refractivity contribution < 1.29 is 13.9 Å². The lowest BCUT2D eigenvalue weighted by Crippen LogP contribution is -2.15. The molecule has 1 unspecified atom stereocenters. The Kier molecular flexibility index (Phi) is 4.35. The van der Waals surface area contributed by atoms with Crippen LogP contribution in [-0.4, -0.2) is 11.7 Å². The summed E-state index contributed by atoms with van der Waals surface area (Å²) in [5, 5.41) is 12.4. The molecule has 0 heterocycles. The molecule has 0 spiro atoms. The lowest BCUT2D eigenvalue weighted by molar-refractivity contribution is 0.276. The maximum absolute atomic E-state index is 13.4. The summed E-state index contributed by atoms with van der Waals surface area (Å²) in [6, 6.07) is 9.54. The summed E-state index contributed by atoms with van der Waals surface area (Å²) >= 11 is 5.61. The molecule has 1 atom stereocenters. The van der Waals surface area contributed by atoms with Crippen molar-refractivity contribution in [2.75, 3.05) is 11.9 Å². The van der Waals surface area contributed by atoms with Crippen molar-refractivity contribution in [2.45, 2.75) is 6.04 Å². The van der Waals surface area contributed by atoms with E-state index >= 15 is 0 Å². The SMILES string of the molecule is OCC(Nc1ccc(F)cc1)c1ccc(Cl)c(F)c1. The van der Waals surface area contributed by atoms with E-state index in [4.69, 9.17) is 11.6 Å². The molecule has 0 aliphatic rings. The summed E-state index contributed by atoms with van der Waals surface area (Å²) in [5.74, 6) is -0.887. The van der Waals surface area contributed by atoms with Crippen molar-refractivity contribution >= 4 is 17.3 Å². The fraction of sp³-hybridized carbons (Fsp3) is 0.143. The summed E-state index contributed by atoms with van der Waals surface area (Å²) in [6.45, 7) is -0.224. The van der Waals surface area contributed by atoms with Crippen molar-refractivity contribution in [3.8, 4) is 0 Å². The van der Waals surface area contributed by atoms with E-state index < -0.39 is 11.9 Å². The molecule has 0 bridgehead atoms. The molecule has 19 heavy (non-hydrogen) atoms. The minimum atomic E-state index is -0.543. The maximum Gasteiger partial charge on any atom is 0.142 e. The quantitative estimate of drug-likeness (QED) is 0.895. The maximum atomic E-state index is 13.4. The van der Waals surface area contributed by atoms with Crippen LogP contribution in [0.25, 0.3) is 0 Å². The molecule has 0 saturated heterocycles. The standard InChI is InChI=1S/C14H12ClF2NO/c15-12-6-1-9(7-13(12)17)14(8-19)18-11-4-2-10(16)3-5-11/h1-7,14,18-19H,8H2. The number of hydrogen-bond donors (Lipinski definition) is 2. The van der Waals surface area contributed by atoms with Crippen LogP contribution in [0.4, 0.5) is 14.5 Å². The molecule has 0 fully saturated rings. The second-order valence-corrected chi connectivity index (χ2v) is 4.47. The van der Waals surface area contributed by atoms with Crippen molar-refractivity contribution in [1.82, 2.24) is 0 Å². The van der Waals surface area contributed by atoms with Crippen LogP contribution in [0.3, 0.4) is 0 Å². The van der Waals surface area contributed by atoms with Crippen molar-refractivity contribution in [3.05, 3.63) is 64.7 Å². The molecule has 0 aliphatic carbocycles. The van der Waals surface area contributed by atoms with Crippen molar-refractivity contribution in [1.29, 1.82) is 0 Å². The van der Waals surface area contributed by atoms with Crippen LogP contribution in [-0.2, 0) is 0 Å². The fourth-order valence-electron chi connectivity index (χ4n) is 1.71. The molecule has 2 aromatic rings. The Hall–Kier alpha value is -1.65. The van der Waals surface area contributed by atoms with Gasteiger partial charge in [0.15, 0.2) is 0 Å². The molecule has 0 aromatic heterocycles. The number of aliphatic hydroxyl groups is 1. The van der Waals surface area contributed by atoms with Crippen LogP contribution < -0.4 is 5.32 Å². The van der Waals surface area contributed by atoms with E-state index in [9.17, 15) is 13.9 Å². The third-order valence-electron chi connectivity index (χ3n) is 2.71. The van der Waals surface area contributed by atoms with Crippen LogP contribution >= 0.6 is 11.6 Å². The van der Waals surface area contributed by atoms with E-state index in [0.717, 1.165) is 0 Å². The van der Waals surface area contributed by atoms with Gasteiger partial charge in [-0.2, -0.15) is 0 Å². The lowest BCUT2D eigenvalue weighted by atomic mass is 10.1. The smallest absolute Gasteiger partial charge is 0.142 e. The first-order valence-electron chi connectivity index (χ1n) is 5.68. The predicted molar refractivity (Wildman–Crippen MR) is 71.3 cm³/mol. The average molecular weight is 284 g/mol. The first-order chi connectivity index (χ1) is 9.10. The third-order valence-corrected chi connectivity index (χ3v) is 3.02. The predicted octanol–water partition coefficient (Wildman–Crippen LogP) is 3.76. The fourth-order valence-corrected chi connectivity index (χ4v) is 1.83. The van der Waals surface area contributed by atoms with E-state index in [2.05, 4.69) is 5.32 Å². The van der Waals surface area contributed by atoms with E-state index in [1.807, 2.05) is 0 Å². The van der Waals surface area contributed by atoms with Crippen LogP contribution in [0.5, 0.6) is 0 Å². The summed E-state index contributed by atoms with van der Waals surface area (Å²) in [4.78, 5) is 0. The Labute approximate surface area is 114 Å². The van der Waals surface area contributed by atoms with Gasteiger partial charge >= 0.3 is 0 Å². The number of anilines is 1. The topological polar surface area (TPSA) is 32.3 Å². The van der Waals surface area contributed by atoms with Gasteiger partial charge in [0.1, 0.15) is 11.6 Å². The average Bonchev–Trinajstić information content (AvgIpc) is 2.41. The summed E-state index contributed by atoms with van der Waals surface area (Å²) < 4.78 is 26.2. The Morgan fingerprint density at radius 1 is 1.11 bits per heavy atom. The second kappa shape index (κ2) is 5.99. The van der Waals surface area contributed by atoms with Gasteiger partial charge in [-0.1, -0.05) is 17.7 Å². The van der Waals surface area contributed by atoms with E-state index in [1.165, 1.54) is 24.3 Å². The molecule has 0 radical (unpaired) electrons. The highest BCUT2D eigenvalue weighted by atomic mass is 35.5. The summed E-state index contributed by atoms with van der Waals surface area (Å²) in [5.41, 5.74) is 1.20. The van der Waals surface area contributed by atoms with Crippen molar-refractivity contribution in [3.63, 3.8) is 0 Å². The molecule has 0 aliphatic heterocycles. The molecule has 100 valence electrons. The highest BCUT2D eigenvalue weighted by Crippen LogP contribution is 2.23. The first kappa shape index (κ1) is 13.8. The summed E-state index contributed by atoms with van der Waals surface area (Å²) in [7, 11) is 0. The Bertz CT molecular complexity index is 560. The van der Waals surface area contributed by atoms with Gasteiger partial charge in [0.25, 0.3) is 0 Å². The first-order valence-corrected chi connectivity index (χ1v) is 6.06. The zero-order valence-corrected chi connectivity index (χ0v) is 10.7. The van der Waals surface area contributed by atoms with Crippen LogP contribution in [0.2, 0.25) is 5.02 Å². The zero-order chi connectivity index (χ0) is 13.8. The minimum absolute atomic E-state index is 0.0298. The second-order valence-electron chi connectivity index (χ2n) is 4.06. The van der Waals surface area contributed by atoms with Crippen molar-refractivity contribution in [2.24, 2.45) is 0 Å². The van der Waals surface area contributed by atoms with Gasteiger partial charge in [-0.25, -0.2) is 8.78 Å². The molecule has 2 rings (SSSR count). The molecule has 0 saturated carbocycles. The number of nitrogens with one attached hydrogen (secondary N) is 1. The van der Waals surface area contributed by atoms with Gasteiger partial charge < -0.3 is 10.4 Å². The molecular formula is C14H12ClF2NO. The number of aliphatic hydroxyl groups excluding tert-OH is 1. The van der Waals surface area contributed by atoms with Crippen LogP contribution in [0.15, 0.2) is 42.5 Å². The number of halogens is 3.